The van der Waals surface area contributed by atoms with Crippen molar-refractivity contribution < 1.29 is 9.53 Å². The summed E-state index contributed by atoms with van der Waals surface area (Å²) < 4.78 is 7.09. The Morgan fingerprint density at radius 2 is 2.37 bits per heavy atom. The van der Waals surface area contributed by atoms with E-state index in [9.17, 15) is 4.79 Å². The summed E-state index contributed by atoms with van der Waals surface area (Å²) >= 11 is 0. The maximum atomic E-state index is 11.5. The normalized spacial score (nSPS) is 20.5. The topological polar surface area (TPSA) is 85.4 Å². The van der Waals surface area contributed by atoms with Crippen LogP contribution in [0.15, 0.2) is 0 Å². The molecule has 0 spiro atoms. The summed E-state index contributed by atoms with van der Waals surface area (Å²) in [5.74, 6) is 0.437. The van der Waals surface area contributed by atoms with Crippen molar-refractivity contribution in [3.63, 3.8) is 0 Å². The van der Waals surface area contributed by atoms with Gasteiger partial charge in [0, 0.05) is 33.2 Å². The number of hydrogen-bond donors (Lipinski definition) is 2. The molecule has 1 aliphatic rings. The number of carbonyl (C=O) groups excluding carboxylic acids is 1. The Hall–Kier alpha value is -1.60. The summed E-state index contributed by atoms with van der Waals surface area (Å²) in [6.07, 6.45) is 0. The molecular weight excluding hydrogens is 246 g/mol. The van der Waals surface area contributed by atoms with Crippen molar-refractivity contribution in [2.24, 2.45) is 12.8 Å². The van der Waals surface area contributed by atoms with Gasteiger partial charge >= 0.3 is 0 Å². The van der Waals surface area contributed by atoms with E-state index in [4.69, 9.17) is 10.5 Å². The lowest BCUT2D eigenvalue weighted by atomic mass is 10.1. The molecule has 0 aliphatic carbocycles. The Balaban J connectivity index is 2.21. The summed E-state index contributed by atoms with van der Waals surface area (Å²) in [6.45, 7) is 4.80. The number of carbonyl (C=O) groups is 1. The molecule has 1 aliphatic heterocycles. The van der Waals surface area contributed by atoms with Crippen molar-refractivity contribution >= 4 is 5.91 Å². The molecule has 7 nitrogen and oxygen atoms in total. The van der Waals surface area contributed by atoms with Crippen molar-refractivity contribution in [1.82, 2.24) is 20.0 Å². The van der Waals surface area contributed by atoms with Crippen LogP contribution in [0, 0.1) is 6.92 Å². The first kappa shape index (κ1) is 13.8. The van der Waals surface area contributed by atoms with Crippen LogP contribution in [0.25, 0.3) is 0 Å². The first-order chi connectivity index (χ1) is 9.04. The van der Waals surface area contributed by atoms with Gasteiger partial charge in [-0.1, -0.05) is 0 Å². The molecule has 106 valence electrons. The van der Waals surface area contributed by atoms with Gasteiger partial charge < -0.3 is 15.8 Å². The fraction of sp³-hybridized carbons (Fsp3) is 0.667. The molecule has 1 aromatic rings. The van der Waals surface area contributed by atoms with Crippen molar-refractivity contribution in [2.45, 2.75) is 19.5 Å². The van der Waals surface area contributed by atoms with Crippen LogP contribution >= 0.6 is 0 Å². The van der Waals surface area contributed by atoms with Crippen LogP contribution in [-0.4, -0.2) is 53.4 Å². The largest absolute Gasteiger partial charge is 0.481 e. The number of nitrogens with zero attached hydrogens (tertiary/aromatic N) is 3. The summed E-state index contributed by atoms with van der Waals surface area (Å²) in [5, 5.41) is 7.54. The number of nitrogens with two attached hydrogens (primary N) is 1. The first-order valence-electron chi connectivity index (χ1n) is 6.35. The number of nitrogens with one attached hydrogen (secondary N) is 1. The number of aryl methyl sites for hydroxylation is 2. The number of methoxy groups -OCH3 is 1. The predicted octanol–water partition coefficient (Wildman–Crippen LogP) is -1.00. The summed E-state index contributed by atoms with van der Waals surface area (Å²) in [7, 11) is 3.47. The summed E-state index contributed by atoms with van der Waals surface area (Å²) in [4.78, 5) is 13.6. The molecule has 0 aromatic carbocycles. The molecule has 1 unspecified atom stereocenters. The summed E-state index contributed by atoms with van der Waals surface area (Å²) in [5.41, 5.74) is 7.38. The lowest BCUT2D eigenvalue weighted by Gasteiger charge is -2.34. The number of ether oxygens (including phenoxy) is 1. The standard InChI is InChI=1S/C12H21N5O2/c1-8-9(12(19-3)16(2)15-8)7-17-5-4-14-6-10(17)11(13)18/h10,14H,4-7H2,1-3H3,(H2,13,18). The van der Waals surface area contributed by atoms with Gasteiger partial charge in [-0.2, -0.15) is 5.10 Å². The van der Waals surface area contributed by atoms with E-state index in [0.717, 1.165) is 30.2 Å². The molecule has 0 saturated carbocycles. The molecule has 7 heteroatoms. The number of primary amides is 1. The van der Waals surface area contributed by atoms with Gasteiger partial charge in [0.1, 0.15) is 6.04 Å². The van der Waals surface area contributed by atoms with Gasteiger partial charge in [0.25, 0.3) is 0 Å². The Labute approximate surface area is 112 Å². The third-order valence-electron chi connectivity index (χ3n) is 3.53. The minimum atomic E-state index is -0.298. The van der Waals surface area contributed by atoms with Crippen LogP contribution in [0.1, 0.15) is 11.3 Å². The monoisotopic (exact) mass is 267 g/mol. The van der Waals surface area contributed by atoms with Gasteiger partial charge in [-0.15, -0.1) is 0 Å². The third-order valence-corrected chi connectivity index (χ3v) is 3.53. The molecular formula is C12H21N5O2. The fourth-order valence-electron chi connectivity index (χ4n) is 2.54. The average Bonchev–Trinajstić information content (AvgIpc) is 2.64. The fourth-order valence-corrected chi connectivity index (χ4v) is 2.54. The van der Waals surface area contributed by atoms with Gasteiger partial charge in [-0.25, -0.2) is 4.68 Å². The highest BCUT2D eigenvalue weighted by Crippen LogP contribution is 2.23. The van der Waals surface area contributed by atoms with E-state index in [1.165, 1.54) is 0 Å². The lowest BCUT2D eigenvalue weighted by Crippen LogP contribution is -2.56. The molecule has 1 saturated heterocycles. The van der Waals surface area contributed by atoms with E-state index in [0.29, 0.717) is 13.1 Å². The number of piperazine rings is 1. The molecule has 1 aromatic heterocycles. The third kappa shape index (κ3) is 2.71. The van der Waals surface area contributed by atoms with E-state index in [-0.39, 0.29) is 11.9 Å². The van der Waals surface area contributed by atoms with Crippen molar-refractivity contribution in [1.29, 1.82) is 0 Å². The Kier molecular flexibility index (Phi) is 4.06. The molecule has 2 heterocycles. The Morgan fingerprint density at radius 3 is 3.00 bits per heavy atom. The highest BCUT2D eigenvalue weighted by atomic mass is 16.5. The van der Waals surface area contributed by atoms with Crippen LogP contribution in [-0.2, 0) is 18.4 Å². The molecule has 19 heavy (non-hydrogen) atoms. The van der Waals surface area contributed by atoms with Crippen molar-refractivity contribution in [3.8, 4) is 5.88 Å². The Bertz CT molecular complexity index is 471. The minimum absolute atomic E-state index is 0.280. The molecule has 1 fully saturated rings. The van der Waals surface area contributed by atoms with Crippen LogP contribution in [0.5, 0.6) is 5.88 Å². The number of hydrogen-bond acceptors (Lipinski definition) is 5. The quantitative estimate of drug-likeness (QED) is 0.730. The van der Waals surface area contributed by atoms with Crippen LogP contribution < -0.4 is 15.8 Å². The summed E-state index contributed by atoms with van der Waals surface area (Å²) in [6, 6.07) is -0.280. The van der Waals surface area contributed by atoms with Crippen molar-refractivity contribution in [3.05, 3.63) is 11.3 Å². The maximum Gasteiger partial charge on any atom is 0.236 e. The van der Waals surface area contributed by atoms with E-state index in [1.54, 1.807) is 11.8 Å². The number of rotatable bonds is 4. The average molecular weight is 267 g/mol. The first-order valence-corrected chi connectivity index (χ1v) is 6.35. The SMILES string of the molecule is COc1c(CN2CCNCC2C(N)=O)c(C)nn1C. The Morgan fingerprint density at radius 1 is 1.63 bits per heavy atom. The number of amides is 1. The molecule has 0 radical (unpaired) electrons. The van der Waals surface area contributed by atoms with Crippen molar-refractivity contribution in [2.75, 3.05) is 26.7 Å². The smallest absolute Gasteiger partial charge is 0.236 e. The van der Waals surface area contributed by atoms with E-state index >= 15 is 0 Å². The number of aromatic nitrogens is 2. The van der Waals surface area contributed by atoms with Gasteiger partial charge in [0.15, 0.2) is 0 Å². The molecule has 3 N–H and O–H groups in total. The van der Waals surface area contributed by atoms with Gasteiger partial charge in [-0.3, -0.25) is 9.69 Å². The second-order valence-corrected chi connectivity index (χ2v) is 4.79. The molecule has 1 amide bonds. The van der Waals surface area contributed by atoms with Gasteiger partial charge in [-0.05, 0) is 6.92 Å². The second-order valence-electron chi connectivity index (χ2n) is 4.79. The molecule has 2 rings (SSSR count). The minimum Gasteiger partial charge on any atom is -0.481 e. The second kappa shape index (κ2) is 5.58. The zero-order valence-electron chi connectivity index (χ0n) is 11.6. The van der Waals surface area contributed by atoms with Gasteiger partial charge in [0.05, 0.1) is 18.4 Å². The van der Waals surface area contributed by atoms with Crippen LogP contribution in [0.4, 0.5) is 0 Å². The maximum absolute atomic E-state index is 11.5. The highest BCUT2D eigenvalue weighted by molar-refractivity contribution is 5.80. The van der Waals surface area contributed by atoms with Crippen LogP contribution in [0.3, 0.4) is 0 Å². The predicted molar refractivity (Wildman–Crippen MR) is 70.8 cm³/mol. The van der Waals surface area contributed by atoms with Gasteiger partial charge in [0.2, 0.25) is 11.8 Å². The lowest BCUT2D eigenvalue weighted by molar-refractivity contribution is -0.124. The van der Waals surface area contributed by atoms with E-state index in [2.05, 4.69) is 15.3 Å². The van der Waals surface area contributed by atoms with E-state index < -0.39 is 0 Å². The zero-order chi connectivity index (χ0) is 14.0. The molecule has 1 atom stereocenters. The molecule has 0 bridgehead atoms. The van der Waals surface area contributed by atoms with Crippen LogP contribution in [0.2, 0.25) is 0 Å². The highest BCUT2D eigenvalue weighted by Gasteiger charge is 2.28. The zero-order valence-corrected chi connectivity index (χ0v) is 11.6. The van der Waals surface area contributed by atoms with E-state index in [1.807, 2.05) is 14.0 Å².